The van der Waals surface area contributed by atoms with Gasteiger partial charge in [-0.15, -0.1) is 0 Å². The summed E-state index contributed by atoms with van der Waals surface area (Å²) in [5, 5.41) is 13.4. The van der Waals surface area contributed by atoms with Gasteiger partial charge >= 0.3 is 0 Å². The second-order valence-electron chi connectivity index (χ2n) is 6.96. The number of nitrogens with zero attached hydrogens (tertiary/aromatic N) is 5. The van der Waals surface area contributed by atoms with Crippen LogP contribution in [0.3, 0.4) is 0 Å². The van der Waals surface area contributed by atoms with Gasteiger partial charge in [0.1, 0.15) is 5.82 Å². The molecule has 4 aromatic heterocycles. The Morgan fingerprint density at radius 1 is 0.897 bits per heavy atom. The number of aromatic amines is 1. The van der Waals surface area contributed by atoms with Crippen LogP contribution >= 0.6 is 11.6 Å². The van der Waals surface area contributed by atoms with Crippen LogP contribution in [-0.4, -0.2) is 29.5 Å². The fraction of sp³-hybridized carbons (Fsp3) is 0.0952. The summed E-state index contributed by atoms with van der Waals surface area (Å²) in [4.78, 5) is 7.96. The largest absolute Gasteiger partial charge is 0.354 e. The Bertz CT molecular complexity index is 1330. The third-order valence-electron chi connectivity index (χ3n) is 4.79. The molecule has 2 N–H and O–H groups in total. The molecular formula is C21H18ClN7. The molecule has 0 saturated heterocycles. The van der Waals surface area contributed by atoms with E-state index in [1.165, 1.54) is 0 Å². The third-order valence-corrected chi connectivity index (χ3v) is 5.12. The summed E-state index contributed by atoms with van der Waals surface area (Å²) in [7, 11) is 3.80. The van der Waals surface area contributed by atoms with E-state index < -0.39 is 0 Å². The van der Waals surface area contributed by atoms with Crippen LogP contribution < -0.4 is 5.32 Å². The van der Waals surface area contributed by atoms with E-state index >= 15 is 0 Å². The lowest BCUT2D eigenvalue weighted by atomic mass is 10.1. The second kappa shape index (κ2) is 6.79. The summed E-state index contributed by atoms with van der Waals surface area (Å²) in [5.41, 5.74) is 5.87. The smallest absolute Gasteiger partial charge is 0.132 e. The number of nitrogens with one attached hydrogen (secondary N) is 2. The molecule has 0 spiro atoms. The maximum Gasteiger partial charge on any atom is 0.132 e. The highest BCUT2D eigenvalue weighted by atomic mass is 35.5. The molecule has 8 heteroatoms. The van der Waals surface area contributed by atoms with Crippen LogP contribution in [-0.2, 0) is 14.1 Å². The van der Waals surface area contributed by atoms with E-state index in [2.05, 4.69) is 31.5 Å². The van der Waals surface area contributed by atoms with Crippen molar-refractivity contribution >= 4 is 34.0 Å². The summed E-state index contributed by atoms with van der Waals surface area (Å²) in [6, 6.07) is 9.90. The minimum Gasteiger partial charge on any atom is -0.354 e. The molecule has 0 bridgehead atoms. The Morgan fingerprint density at radius 3 is 2.38 bits per heavy atom. The lowest BCUT2D eigenvalue weighted by Crippen LogP contribution is -1.94. The van der Waals surface area contributed by atoms with Crippen LogP contribution in [0, 0.1) is 0 Å². The number of H-pyrrole nitrogens is 1. The number of anilines is 2. The summed E-state index contributed by atoms with van der Waals surface area (Å²) in [6.07, 6.45) is 9.45. The number of rotatable bonds is 4. The SMILES string of the molecule is Cn1cc(-c2ccc(Cl)c(Nc3cc4[nH]c(-c5cnn(C)c5)cc4cn3)c2)cn1. The van der Waals surface area contributed by atoms with Crippen LogP contribution in [0.1, 0.15) is 0 Å². The topological polar surface area (TPSA) is 76.3 Å². The van der Waals surface area contributed by atoms with Gasteiger partial charge in [-0.3, -0.25) is 9.36 Å². The first kappa shape index (κ1) is 17.5. The lowest BCUT2D eigenvalue weighted by Gasteiger charge is -2.09. The number of hydrogen-bond donors (Lipinski definition) is 2. The zero-order valence-corrected chi connectivity index (χ0v) is 16.6. The molecule has 0 amide bonds. The van der Waals surface area contributed by atoms with Crippen LogP contribution in [0.2, 0.25) is 5.02 Å². The number of aryl methyl sites for hydroxylation is 2. The molecule has 0 atom stereocenters. The molecule has 5 rings (SSSR count). The predicted molar refractivity (Wildman–Crippen MR) is 115 cm³/mol. The van der Waals surface area contributed by atoms with Crippen molar-refractivity contribution in [2.45, 2.75) is 0 Å². The van der Waals surface area contributed by atoms with E-state index in [1.54, 1.807) is 9.36 Å². The van der Waals surface area contributed by atoms with Crippen LogP contribution in [0.4, 0.5) is 11.5 Å². The van der Waals surface area contributed by atoms with Crippen molar-refractivity contribution in [1.82, 2.24) is 29.5 Å². The van der Waals surface area contributed by atoms with Gasteiger partial charge in [-0.25, -0.2) is 4.98 Å². The first-order valence-electron chi connectivity index (χ1n) is 9.08. The molecule has 29 heavy (non-hydrogen) atoms. The van der Waals surface area contributed by atoms with Crippen LogP contribution in [0.15, 0.2) is 61.3 Å². The molecule has 7 nitrogen and oxygen atoms in total. The van der Waals surface area contributed by atoms with E-state index in [1.807, 2.05) is 69.3 Å². The number of halogens is 1. The first-order valence-corrected chi connectivity index (χ1v) is 9.46. The Morgan fingerprint density at radius 2 is 1.66 bits per heavy atom. The average molecular weight is 404 g/mol. The molecule has 0 aliphatic carbocycles. The summed E-state index contributed by atoms with van der Waals surface area (Å²) in [5.74, 6) is 0.710. The van der Waals surface area contributed by atoms with E-state index in [9.17, 15) is 0 Å². The Balaban J connectivity index is 1.47. The zero-order valence-electron chi connectivity index (χ0n) is 15.9. The molecular weight excluding hydrogens is 386 g/mol. The fourth-order valence-electron chi connectivity index (χ4n) is 3.32. The van der Waals surface area contributed by atoms with Gasteiger partial charge in [0.15, 0.2) is 0 Å². The molecule has 0 saturated carbocycles. The highest BCUT2D eigenvalue weighted by Crippen LogP contribution is 2.31. The normalized spacial score (nSPS) is 11.3. The number of aromatic nitrogens is 6. The van der Waals surface area contributed by atoms with Gasteiger partial charge in [-0.05, 0) is 23.8 Å². The van der Waals surface area contributed by atoms with E-state index in [4.69, 9.17) is 11.6 Å². The lowest BCUT2D eigenvalue weighted by molar-refractivity contribution is 0.768. The van der Waals surface area contributed by atoms with Gasteiger partial charge in [0, 0.05) is 61.0 Å². The minimum absolute atomic E-state index is 0.627. The number of benzene rings is 1. The molecule has 0 radical (unpaired) electrons. The quantitative estimate of drug-likeness (QED) is 0.453. The molecule has 0 aliphatic heterocycles. The van der Waals surface area contributed by atoms with E-state index in [0.29, 0.717) is 10.8 Å². The molecule has 0 unspecified atom stereocenters. The van der Waals surface area contributed by atoms with Gasteiger partial charge in [-0.2, -0.15) is 10.2 Å². The highest BCUT2D eigenvalue weighted by molar-refractivity contribution is 6.33. The molecule has 4 heterocycles. The van der Waals surface area contributed by atoms with Gasteiger partial charge in [-0.1, -0.05) is 17.7 Å². The zero-order chi connectivity index (χ0) is 20.0. The number of pyridine rings is 1. The molecule has 1 aromatic carbocycles. The monoisotopic (exact) mass is 403 g/mol. The number of fused-ring (bicyclic) bond motifs is 1. The first-order chi connectivity index (χ1) is 14.0. The van der Waals surface area contributed by atoms with Crippen molar-refractivity contribution in [2.75, 3.05) is 5.32 Å². The van der Waals surface area contributed by atoms with Gasteiger partial charge in [0.25, 0.3) is 0 Å². The van der Waals surface area contributed by atoms with Crippen molar-refractivity contribution in [3.63, 3.8) is 0 Å². The van der Waals surface area contributed by atoms with Gasteiger partial charge in [0.2, 0.25) is 0 Å². The molecule has 0 aliphatic rings. The minimum atomic E-state index is 0.627. The summed E-state index contributed by atoms with van der Waals surface area (Å²) < 4.78 is 3.56. The molecule has 0 fully saturated rings. The van der Waals surface area contributed by atoms with Gasteiger partial charge < -0.3 is 10.3 Å². The van der Waals surface area contributed by atoms with Crippen molar-refractivity contribution < 1.29 is 0 Å². The van der Waals surface area contributed by atoms with Crippen molar-refractivity contribution in [3.8, 4) is 22.4 Å². The Labute approximate surface area is 172 Å². The molecule has 5 aromatic rings. The van der Waals surface area contributed by atoms with Crippen molar-refractivity contribution in [1.29, 1.82) is 0 Å². The average Bonchev–Trinajstić information content (AvgIpc) is 3.42. The Kier molecular flexibility index (Phi) is 4.10. The fourth-order valence-corrected chi connectivity index (χ4v) is 3.48. The van der Waals surface area contributed by atoms with E-state index in [-0.39, 0.29) is 0 Å². The summed E-state index contributed by atoms with van der Waals surface area (Å²) >= 11 is 6.42. The maximum atomic E-state index is 6.42. The number of hydrogen-bond acceptors (Lipinski definition) is 4. The predicted octanol–water partition coefficient (Wildman–Crippen LogP) is 4.76. The third kappa shape index (κ3) is 3.36. The van der Waals surface area contributed by atoms with Crippen LogP contribution in [0.25, 0.3) is 33.3 Å². The molecule has 144 valence electrons. The van der Waals surface area contributed by atoms with Crippen molar-refractivity contribution in [3.05, 3.63) is 66.3 Å². The Hall–Kier alpha value is -3.58. The second-order valence-corrected chi connectivity index (χ2v) is 7.37. The standard InChI is InChI=1S/C21H18ClN7/c1-28-11-15(9-24-28)13-3-4-17(22)20(5-13)27-21-7-19-14(8-23-21)6-18(26-19)16-10-25-29(2)12-16/h3-12,26H,1-2H3,(H,23,27). The van der Waals surface area contributed by atoms with Gasteiger partial charge in [0.05, 0.1) is 28.6 Å². The highest BCUT2D eigenvalue weighted by Gasteiger charge is 2.09. The summed E-state index contributed by atoms with van der Waals surface area (Å²) in [6.45, 7) is 0. The van der Waals surface area contributed by atoms with Crippen molar-refractivity contribution in [2.24, 2.45) is 14.1 Å². The van der Waals surface area contributed by atoms with E-state index in [0.717, 1.165) is 39.0 Å². The van der Waals surface area contributed by atoms with Crippen LogP contribution in [0.5, 0.6) is 0 Å². The maximum absolute atomic E-state index is 6.42.